The summed E-state index contributed by atoms with van der Waals surface area (Å²) in [6.45, 7) is 3.69. The molecule has 2 aliphatic rings. The molecular formula is C22H22N4O2. The molecular weight excluding hydrogens is 352 g/mol. The highest BCUT2D eigenvalue weighted by Gasteiger charge is 2.44. The van der Waals surface area contributed by atoms with Crippen LogP contribution in [-0.4, -0.2) is 34.0 Å². The monoisotopic (exact) mass is 374 g/mol. The van der Waals surface area contributed by atoms with Crippen molar-refractivity contribution in [3.8, 4) is 0 Å². The van der Waals surface area contributed by atoms with Gasteiger partial charge in [-0.15, -0.1) is 0 Å². The molecule has 6 heteroatoms. The van der Waals surface area contributed by atoms with Crippen LogP contribution in [0.2, 0.25) is 0 Å². The maximum Gasteiger partial charge on any atom is 0.257 e. The van der Waals surface area contributed by atoms with Gasteiger partial charge in [-0.2, -0.15) is 0 Å². The Morgan fingerprint density at radius 1 is 1.04 bits per heavy atom. The van der Waals surface area contributed by atoms with E-state index in [1.807, 2.05) is 47.4 Å². The van der Waals surface area contributed by atoms with Crippen LogP contribution >= 0.6 is 0 Å². The van der Waals surface area contributed by atoms with E-state index < -0.39 is 6.04 Å². The minimum absolute atomic E-state index is 0.146. The van der Waals surface area contributed by atoms with Crippen molar-refractivity contribution >= 4 is 34.5 Å². The quantitative estimate of drug-likeness (QED) is 0.661. The van der Waals surface area contributed by atoms with Gasteiger partial charge in [0.25, 0.3) is 5.91 Å². The number of amides is 2. The van der Waals surface area contributed by atoms with E-state index in [4.69, 9.17) is 4.98 Å². The molecule has 2 amide bonds. The highest BCUT2D eigenvalue weighted by molar-refractivity contribution is 6.23. The number of hydrogen-bond acceptors (Lipinski definition) is 4. The average molecular weight is 374 g/mol. The van der Waals surface area contributed by atoms with Crippen molar-refractivity contribution in [3.63, 3.8) is 0 Å². The summed E-state index contributed by atoms with van der Waals surface area (Å²) in [6.07, 6.45) is 2.04. The number of anilines is 2. The third-order valence-electron chi connectivity index (χ3n) is 5.77. The Bertz CT molecular complexity index is 1070. The van der Waals surface area contributed by atoms with Crippen LogP contribution in [0.1, 0.15) is 25.3 Å². The van der Waals surface area contributed by atoms with E-state index in [0.717, 1.165) is 42.9 Å². The lowest BCUT2D eigenvalue weighted by Gasteiger charge is -2.32. The number of para-hydroxylation sites is 2. The van der Waals surface area contributed by atoms with Crippen LogP contribution in [0.5, 0.6) is 0 Å². The largest absolute Gasteiger partial charge is 0.330 e. The number of imide groups is 1. The van der Waals surface area contributed by atoms with Gasteiger partial charge in [0.05, 0.1) is 23.1 Å². The number of fused-ring (bicyclic) bond motifs is 3. The molecule has 1 unspecified atom stereocenters. The number of aryl methyl sites for hydroxylation is 2. The first-order valence-corrected chi connectivity index (χ1v) is 9.85. The predicted octanol–water partition coefficient (Wildman–Crippen LogP) is 3.14. The molecule has 1 aromatic heterocycles. The van der Waals surface area contributed by atoms with Crippen molar-refractivity contribution in [1.29, 1.82) is 0 Å². The number of benzene rings is 2. The summed E-state index contributed by atoms with van der Waals surface area (Å²) in [7, 11) is 0. The average Bonchev–Trinajstić information content (AvgIpc) is 3.25. The lowest BCUT2D eigenvalue weighted by molar-refractivity contribution is -0.121. The highest BCUT2D eigenvalue weighted by atomic mass is 16.2. The van der Waals surface area contributed by atoms with Gasteiger partial charge in [0.1, 0.15) is 6.04 Å². The van der Waals surface area contributed by atoms with Crippen molar-refractivity contribution in [2.45, 2.75) is 38.8 Å². The summed E-state index contributed by atoms with van der Waals surface area (Å²) < 4.78 is 2.16. The van der Waals surface area contributed by atoms with Crippen LogP contribution in [0.4, 0.5) is 11.6 Å². The van der Waals surface area contributed by atoms with Crippen molar-refractivity contribution in [2.24, 2.45) is 0 Å². The minimum atomic E-state index is -0.491. The highest BCUT2D eigenvalue weighted by Crippen LogP contribution is 2.33. The fourth-order valence-corrected chi connectivity index (χ4v) is 4.31. The van der Waals surface area contributed by atoms with Crippen molar-refractivity contribution in [1.82, 2.24) is 9.55 Å². The maximum absolute atomic E-state index is 13.2. The Morgan fingerprint density at radius 2 is 1.82 bits per heavy atom. The molecule has 142 valence electrons. The van der Waals surface area contributed by atoms with Crippen LogP contribution in [-0.2, 0) is 22.6 Å². The van der Waals surface area contributed by atoms with Gasteiger partial charge in [-0.3, -0.25) is 9.59 Å². The smallest absolute Gasteiger partial charge is 0.257 e. The molecule has 0 radical (unpaired) electrons. The van der Waals surface area contributed by atoms with Gasteiger partial charge < -0.3 is 9.47 Å². The zero-order chi connectivity index (χ0) is 19.3. The summed E-state index contributed by atoms with van der Waals surface area (Å²) in [5.74, 6) is 0.490. The Hall–Kier alpha value is -3.15. The van der Waals surface area contributed by atoms with Gasteiger partial charge in [-0.1, -0.05) is 31.2 Å². The zero-order valence-corrected chi connectivity index (χ0v) is 15.8. The SMILES string of the molecule is CCc1ccc(N2C(=O)CC(N3CCCn4c3nc3ccccc34)C2=O)cc1. The van der Waals surface area contributed by atoms with E-state index in [1.165, 1.54) is 10.5 Å². The maximum atomic E-state index is 13.2. The third-order valence-corrected chi connectivity index (χ3v) is 5.77. The molecule has 0 bridgehead atoms. The molecule has 1 atom stereocenters. The van der Waals surface area contributed by atoms with E-state index >= 15 is 0 Å². The lowest BCUT2D eigenvalue weighted by Crippen LogP contribution is -2.46. The number of carbonyl (C=O) groups excluding carboxylic acids is 2. The lowest BCUT2D eigenvalue weighted by atomic mass is 10.1. The number of carbonyl (C=O) groups is 2. The topological polar surface area (TPSA) is 58.4 Å². The first kappa shape index (κ1) is 17.0. The first-order chi connectivity index (χ1) is 13.7. The second kappa shape index (κ2) is 6.48. The fourth-order valence-electron chi connectivity index (χ4n) is 4.31. The summed E-state index contributed by atoms with van der Waals surface area (Å²) in [4.78, 5) is 34.1. The second-order valence-electron chi connectivity index (χ2n) is 7.41. The molecule has 1 fully saturated rings. The fraction of sp³-hybridized carbons (Fsp3) is 0.318. The molecule has 2 aliphatic heterocycles. The van der Waals surface area contributed by atoms with Crippen LogP contribution in [0, 0.1) is 0 Å². The van der Waals surface area contributed by atoms with Crippen molar-refractivity contribution < 1.29 is 9.59 Å². The summed E-state index contributed by atoms with van der Waals surface area (Å²) in [5.41, 5.74) is 3.84. The minimum Gasteiger partial charge on any atom is -0.330 e. The Balaban J connectivity index is 1.49. The summed E-state index contributed by atoms with van der Waals surface area (Å²) >= 11 is 0. The number of nitrogens with zero attached hydrogens (tertiary/aromatic N) is 4. The number of hydrogen-bond donors (Lipinski definition) is 0. The summed E-state index contributed by atoms with van der Waals surface area (Å²) in [6, 6.07) is 15.2. The molecule has 6 nitrogen and oxygen atoms in total. The van der Waals surface area contributed by atoms with Gasteiger partial charge in [-0.25, -0.2) is 9.88 Å². The Morgan fingerprint density at radius 3 is 2.61 bits per heavy atom. The Labute approximate surface area is 163 Å². The number of rotatable bonds is 3. The molecule has 1 saturated heterocycles. The van der Waals surface area contributed by atoms with Crippen LogP contribution in [0.25, 0.3) is 11.0 Å². The van der Waals surface area contributed by atoms with E-state index in [-0.39, 0.29) is 18.2 Å². The van der Waals surface area contributed by atoms with Crippen molar-refractivity contribution in [2.75, 3.05) is 16.3 Å². The van der Waals surface area contributed by atoms with Gasteiger partial charge in [0.2, 0.25) is 11.9 Å². The van der Waals surface area contributed by atoms with Gasteiger partial charge in [0.15, 0.2) is 0 Å². The normalized spacial score (nSPS) is 19.5. The van der Waals surface area contributed by atoms with Gasteiger partial charge in [0, 0.05) is 13.1 Å². The first-order valence-electron chi connectivity index (χ1n) is 9.85. The molecule has 0 N–H and O–H groups in total. The Kier molecular flexibility index (Phi) is 3.93. The van der Waals surface area contributed by atoms with Gasteiger partial charge >= 0.3 is 0 Å². The second-order valence-corrected chi connectivity index (χ2v) is 7.41. The van der Waals surface area contributed by atoms with Crippen LogP contribution in [0.3, 0.4) is 0 Å². The third kappa shape index (κ3) is 2.52. The molecule has 5 rings (SSSR count). The molecule has 0 saturated carbocycles. The molecule has 0 spiro atoms. The molecule has 2 aromatic carbocycles. The van der Waals surface area contributed by atoms with E-state index in [0.29, 0.717) is 5.69 Å². The molecule has 3 aromatic rings. The molecule has 28 heavy (non-hydrogen) atoms. The molecule has 3 heterocycles. The number of imidazole rings is 1. The zero-order valence-electron chi connectivity index (χ0n) is 15.8. The summed E-state index contributed by atoms with van der Waals surface area (Å²) in [5, 5.41) is 0. The standard InChI is InChI=1S/C22H22N4O2/c1-2-15-8-10-16(11-9-15)26-20(27)14-19(21(26)28)25-13-5-12-24-18-7-4-3-6-17(18)23-22(24)25/h3-4,6-11,19H,2,5,12-14H2,1H3. The number of aromatic nitrogens is 2. The van der Waals surface area contributed by atoms with E-state index in [2.05, 4.69) is 17.6 Å². The van der Waals surface area contributed by atoms with Crippen molar-refractivity contribution in [3.05, 3.63) is 54.1 Å². The van der Waals surface area contributed by atoms with E-state index in [1.54, 1.807) is 0 Å². The van der Waals surface area contributed by atoms with E-state index in [9.17, 15) is 9.59 Å². The predicted molar refractivity (Wildman–Crippen MR) is 108 cm³/mol. The van der Waals surface area contributed by atoms with Crippen LogP contribution in [0.15, 0.2) is 48.5 Å². The van der Waals surface area contributed by atoms with Crippen LogP contribution < -0.4 is 9.80 Å². The molecule has 0 aliphatic carbocycles. The van der Waals surface area contributed by atoms with Gasteiger partial charge in [-0.05, 0) is 42.7 Å².